The van der Waals surface area contributed by atoms with E-state index in [1.165, 1.54) is 6.07 Å². The number of hydrogen-bond acceptors (Lipinski definition) is 6. The molecule has 0 N–H and O–H groups in total. The molecule has 4 rings (SSSR count). The Morgan fingerprint density at radius 1 is 1.03 bits per heavy atom. The molecule has 29 heavy (non-hydrogen) atoms. The SMILES string of the molecule is COc1cnc(-c2cccc(Cc3nn(-c4cncc(C)c4)ccc3=O)c2)nc1. The Morgan fingerprint density at radius 2 is 1.86 bits per heavy atom. The summed E-state index contributed by atoms with van der Waals surface area (Å²) in [6, 6.07) is 11.3. The van der Waals surface area contributed by atoms with Crippen LogP contribution in [0.15, 0.2) is 72.2 Å². The molecule has 144 valence electrons. The lowest BCUT2D eigenvalue weighted by Gasteiger charge is -2.08. The Morgan fingerprint density at radius 3 is 2.62 bits per heavy atom. The zero-order valence-corrected chi connectivity index (χ0v) is 16.1. The zero-order valence-electron chi connectivity index (χ0n) is 16.1. The van der Waals surface area contributed by atoms with Gasteiger partial charge in [0.2, 0.25) is 5.43 Å². The average molecular weight is 385 g/mol. The molecular weight excluding hydrogens is 366 g/mol. The first kappa shape index (κ1) is 18.5. The maximum absolute atomic E-state index is 12.4. The highest BCUT2D eigenvalue weighted by Gasteiger charge is 2.08. The average Bonchev–Trinajstić information content (AvgIpc) is 2.75. The topological polar surface area (TPSA) is 82.8 Å². The van der Waals surface area contributed by atoms with E-state index in [1.54, 1.807) is 42.8 Å². The first-order valence-electron chi connectivity index (χ1n) is 9.08. The van der Waals surface area contributed by atoms with Gasteiger partial charge in [0.05, 0.1) is 31.4 Å². The summed E-state index contributed by atoms with van der Waals surface area (Å²) in [5, 5.41) is 4.52. The van der Waals surface area contributed by atoms with Gasteiger partial charge in [-0.2, -0.15) is 5.10 Å². The molecule has 0 bridgehead atoms. The Labute approximate surface area is 167 Å². The molecule has 3 heterocycles. The van der Waals surface area contributed by atoms with Crippen molar-refractivity contribution in [3.05, 3.63) is 94.4 Å². The maximum Gasteiger partial charge on any atom is 0.203 e. The van der Waals surface area contributed by atoms with E-state index in [9.17, 15) is 4.79 Å². The predicted octanol–water partition coefficient (Wildman–Crippen LogP) is 2.99. The van der Waals surface area contributed by atoms with Crippen molar-refractivity contribution < 1.29 is 4.74 Å². The van der Waals surface area contributed by atoms with Gasteiger partial charge < -0.3 is 4.74 Å². The van der Waals surface area contributed by atoms with Crippen LogP contribution in [0.2, 0.25) is 0 Å². The quantitative estimate of drug-likeness (QED) is 0.525. The maximum atomic E-state index is 12.4. The number of methoxy groups -OCH3 is 1. The van der Waals surface area contributed by atoms with Crippen molar-refractivity contribution in [1.29, 1.82) is 0 Å². The fourth-order valence-corrected chi connectivity index (χ4v) is 2.96. The number of pyridine rings is 1. The molecule has 0 saturated heterocycles. The molecule has 0 aliphatic carbocycles. The van der Waals surface area contributed by atoms with Crippen molar-refractivity contribution in [1.82, 2.24) is 24.7 Å². The largest absolute Gasteiger partial charge is 0.494 e. The molecule has 0 saturated carbocycles. The minimum Gasteiger partial charge on any atom is -0.494 e. The van der Waals surface area contributed by atoms with Crippen molar-refractivity contribution in [2.24, 2.45) is 0 Å². The van der Waals surface area contributed by atoms with E-state index in [0.717, 1.165) is 22.4 Å². The number of aryl methyl sites for hydroxylation is 1. The fraction of sp³-hybridized carbons (Fsp3) is 0.136. The second kappa shape index (κ2) is 8.02. The smallest absolute Gasteiger partial charge is 0.203 e. The minimum absolute atomic E-state index is 0.104. The van der Waals surface area contributed by atoms with Gasteiger partial charge in [-0.3, -0.25) is 9.78 Å². The first-order chi connectivity index (χ1) is 14.1. The molecule has 0 spiro atoms. The summed E-state index contributed by atoms with van der Waals surface area (Å²) in [6.07, 6.45) is 8.81. The molecular formula is C22H19N5O2. The summed E-state index contributed by atoms with van der Waals surface area (Å²) in [5.74, 6) is 1.20. The predicted molar refractivity (Wildman–Crippen MR) is 109 cm³/mol. The molecule has 1 aromatic carbocycles. The lowest BCUT2D eigenvalue weighted by atomic mass is 10.1. The molecule has 0 aliphatic rings. The van der Waals surface area contributed by atoms with Crippen LogP contribution >= 0.6 is 0 Å². The van der Waals surface area contributed by atoms with Crippen LogP contribution in [-0.4, -0.2) is 31.8 Å². The van der Waals surface area contributed by atoms with E-state index < -0.39 is 0 Å². The fourth-order valence-electron chi connectivity index (χ4n) is 2.96. The number of aromatic nitrogens is 5. The number of nitrogens with zero attached hydrogens (tertiary/aromatic N) is 5. The summed E-state index contributed by atoms with van der Waals surface area (Å²) < 4.78 is 6.77. The molecule has 3 aromatic heterocycles. The third-order valence-electron chi connectivity index (χ3n) is 4.43. The highest BCUT2D eigenvalue weighted by Crippen LogP contribution is 2.19. The molecule has 0 unspecified atom stereocenters. The van der Waals surface area contributed by atoms with Crippen LogP contribution in [0.4, 0.5) is 0 Å². The molecule has 0 amide bonds. The summed E-state index contributed by atoms with van der Waals surface area (Å²) in [7, 11) is 1.57. The van der Waals surface area contributed by atoms with Crippen LogP contribution in [0, 0.1) is 6.92 Å². The highest BCUT2D eigenvalue weighted by atomic mass is 16.5. The molecule has 7 heteroatoms. The highest BCUT2D eigenvalue weighted by molar-refractivity contribution is 5.56. The van der Waals surface area contributed by atoms with Gasteiger partial charge in [0.25, 0.3) is 0 Å². The van der Waals surface area contributed by atoms with E-state index in [2.05, 4.69) is 20.1 Å². The van der Waals surface area contributed by atoms with Crippen LogP contribution in [0.25, 0.3) is 17.1 Å². The lowest BCUT2D eigenvalue weighted by Crippen LogP contribution is -2.16. The van der Waals surface area contributed by atoms with Crippen LogP contribution in [-0.2, 0) is 6.42 Å². The summed E-state index contributed by atoms with van der Waals surface area (Å²) in [6.45, 7) is 1.96. The number of rotatable bonds is 5. The van der Waals surface area contributed by atoms with E-state index >= 15 is 0 Å². The van der Waals surface area contributed by atoms with E-state index in [0.29, 0.717) is 23.7 Å². The minimum atomic E-state index is -0.104. The molecule has 0 fully saturated rings. The van der Waals surface area contributed by atoms with Crippen molar-refractivity contribution in [2.45, 2.75) is 13.3 Å². The third kappa shape index (κ3) is 4.19. The number of hydrogen-bond donors (Lipinski definition) is 0. The van der Waals surface area contributed by atoms with E-state index in [4.69, 9.17) is 4.74 Å². The van der Waals surface area contributed by atoms with Gasteiger partial charge in [-0.1, -0.05) is 18.2 Å². The van der Waals surface area contributed by atoms with Gasteiger partial charge >= 0.3 is 0 Å². The second-order valence-corrected chi connectivity index (χ2v) is 6.62. The Hall–Kier alpha value is -3.87. The molecule has 7 nitrogen and oxygen atoms in total. The van der Waals surface area contributed by atoms with Gasteiger partial charge in [0.1, 0.15) is 5.69 Å². The lowest BCUT2D eigenvalue weighted by molar-refractivity contribution is 0.411. The van der Waals surface area contributed by atoms with Crippen LogP contribution in [0.5, 0.6) is 5.75 Å². The Balaban J connectivity index is 1.64. The van der Waals surface area contributed by atoms with E-state index in [1.807, 2.05) is 37.3 Å². The van der Waals surface area contributed by atoms with E-state index in [-0.39, 0.29) is 5.43 Å². The summed E-state index contributed by atoms with van der Waals surface area (Å²) in [5.41, 5.74) is 4.01. The Bertz CT molecular complexity index is 1200. The van der Waals surface area contributed by atoms with Crippen LogP contribution < -0.4 is 10.2 Å². The summed E-state index contributed by atoms with van der Waals surface area (Å²) >= 11 is 0. The van der Waals surface area contributed by atoms with Crippen molar-refractivity contribution >= 4 is 0 Å². The zero-order chi connectivity index (χ0) is 20.2. The molecule has 4 aromatic rings. The van der Waals surface area contributed by atoms with Crippen LogP contribution in [0.3, 0.4) is 0 Å². The second-order valence-electron chi connectivity index (χ2n) is 6.62. The van der Waals surface area contributed by atoms with Gasteiger partial charge in [-0.05, 0) is 30.2 Å². The summed E-state index contributed by atoms with van der Waals surface area (Å²) in [4.78, 5) is 25.2. The number of ether oxygens (including phenoxy) is 1. The molecule has 0 atom stereocenters. The van der Waals surface area contributed by atoms with Crippen molar-refractivity contribution in [3.63, 3.8) is 0 Å². The third-order valence-corrected chi connectivity index (χ3v) is 4.43. The van der Waals surface area contributed by atoms with Crippen molar-refractivity contribution in [3.8, 4) is 22.8 Å². The Kier molecular flexibility index (Phi) is 5.11. The van der Waals surface area contributed by atoms with Gasteiger partial charge in [0, 0.05) is 30.4 Å². The van der Waals surface area contributed by atoms with Gasteiger partial charge in [-0.15, -0.1) is 0 Å². The number of benzene rings is 1. The molecule has 0 aliphatic heterocycles. The standard InChI is InChI=1S/C22H19N5O2/c1-15-8-18(12-23-11-15)27-7-6-21(28)20(26-27)10-16-4-3-5-17(9-16)22-24-13-19(29-2)14-25-22/h3-9,11-14H,10H2,1-2H3. The first-order valence-corrected chi connectivity index (χ1v) is 9.08. The normalized spacial score (nSPS) is 10.7. The van der Waals surface area contributed by atoms with Crippen molar-refractivity contribution in [2.75, 3.05) is 7.11 Å². The van der Waals surface area contributed by atoms with Crippen LogP contribution in [0.1, 0.15) is 16.8 Å². The van der Waals surface area contributed by atoms with Gasteiger partial charge in [0.15, 0.2) is 11.6 Å². The monoisotopic (exact) mass is 385 g/mol. The van der Waals surface area contributed by atoms with Gasteiger partial charge in [-0.25, -0.2) is 14.6 Å². The molecule has 0 radical (unpaired) electrons.